The van der Waals surface area contributed by atoms with Gasteiger partial charge in [0.15, 0.2) is 4.96 Å². The largest absolute Gasteiger partial charge is 0.462 e. The molecule has 0 bridgehead atoms. The summed E-state index contributed by atoms with van der Waals surface area (Å²) < 4.78 is 6.40. The first-order chi connectivity index (χ1) is 15.0. The van der Waals surface area contributed by atoms with Crippen LogP contribution in [0.2, 0.25) is 0 Å². The minimum absolute atomic E-state index is 0.0706. The van der Waals surface area contributed by atoms with Crippen molar-refractivity contribution in [1.29, 1.82) is 0 Å². The summed E-state index contributed by atoms with van der Waals surface area (Å²) >= 11 is 1.34. The molecule has 31 heavy (non-hydrogen) atoms. The zero-order chi connectivity index (χ0) is 22.0. The first-order valence-corrected chi connectivity index (χ1v) is 10.5. The van der Waals surface area contributed by atoms with E-state index in [4.69, 9.17) is 4.74 Å². The van der Waals surface area contributed by atoms with Crippen molar-refractivity contribution < 1.29 is 14.3 Å². The molecule has 0 unspecified atom stereocenters. The number of benzene rings is 2. The molecular formula is C23H19N3O4S. The van der Waals surface area contributed by atoms with Crippen LogP contribution >= 0.6 is 11.3 Å². The molecule has 2 aromatic carbocycles. The highest BCUT2D eigenvalue weighted by Gasteiger charge is 2.17. The summed E-state index contributed by atoms with van der Waals surface area (Å²) in [6, 6.07) is 14.1. The molecule has 0 aliphatic heterocycles. The third kappa shape index (κ3) is 4.10. The van der Waals surface area contributed by atoms with Gasteiger partial charge in [-0.1, -0.05) is 29.8 Å². The molecule has 4 rings (SSSR count). The van der Waals surface area contributed by atoms with E-state index < -0.39 is 17.4 Å². The van der Waals surface area contributed by atoms with Crippen molar-refractivity contribution in [2.24, 2.45) is 0 Å². The molecule has 0 saturated carbocycles. The van der Waals surface area contributed by atoms with Crippen LogP contribution in [0.5, 0.6) is 0 Å². The topological polar surface area (TPSA) is 89.8 Å². The summed E-state index contributed by atoms with van der Waals surface area (Å²) in [5, 5.41) is 4.53. The molecule has 2 heterocycles. The number of rotatable bonds is 5. The second-order valence-electron chi connectivity index (χ2n) is 6.83. The van der Waals surface area contributed by atoms with Crippen molar-refractivity contribution in [3.05, 3.63) is 87.2 Å². The van der Waals surface area contributed by atoms with Gasteiger partial charge >= 0.3 is 5.97 Å². The Morgan fingerprint density at radius 2 is 1.81 bits per heavy atom. The Bertz CT molecular complexity index is 1320. The van der Waals surface area contributed by atoms with E-state index in [1.807, 2.05) is 36.6 Å². The van der Waals surface area contributed by atoms with Crippen LogP contribution in [-0.2, 0) is 4.74 Å². The van der Waals surface area contributed by atoms with Gasteiger partial charge < -0.3 is 10.1 Å². The van der Waals surface area contributed by atoms with Crippen molar-refractivity contribution in [2.75, 3.05) is 11.9 Å². The van der Waals surface area contributed by atoms with Crippen LogP contribution in [0.1, 0.15) is 33.2 Å². The number of carbonyl (C=O) groups is 2. The molecule has 1 amide bonds. The Morgan fingerprint density at radius 1 is 1.10 bits per heavy atom. The van der Waals surface area contributed by atoms with E-state index in [9.17, 15) is 14.4 Å². The molecule has 0 atom stereocenters. The van der Waals surface area contributed by atoms with Crippen molar-refractivity contribution in [3.8, 4) is 11.3 Å². The number of aryl methyl sites for hydroxylation is 1. The lowest BCUT2D eigenvalue weighted by molar-refractivity contribution is 0.0526. The second-order valence-corrected chi connectivity index (χ2v) is 7.67. The van der Waals surface area contributed by atoms with Crippen LogP contribution in [0, 0.1) is 6.92 Å². The van der Waals surface area contributed by atoms with Crippen molar-refractivity contribution >= 4 is 33.9 Å². The molecular weight excluding hydrogens is 414 g/mol. The summed E-state index contributed by atoms with van der Waals surface area (Å²) in [4.78, 5) is 42.4. The van der Waals surface area contributed by atoms with Gasteiger partial charge in [0.05, 0.1) is 17.9 Å². The van der Waals surface area contributed by atoms with Gasteiger partial charge in [0.25, 0.3) is 11.5 Å². The molecule has 0 aliphatic rings. The second kappa shape index (κ2) is 8.53. The van der Waals surface area contributed by atoms with E-state index in [1.165, 1.54) is 21.9 Å². The van der Waals surface area contributed by atoms with E-state index in [-0.39, 0.29) is 12.2 Å². The molecule has 156 valence electrons. The highest BCUT2D eigenvalue weighted by atomic mass is 32.1. The number of fused-ring (bicyclic) bond motifs is 1. The average molecular weight is 433 g/mol. The summed E-state index contributed by atoms with van der Waals surface area (Å²) in [6.45, 7) is 4.00. The van der Waals surface area contributed by atoms with Crippen LogP contribution < -0.4 is 10.9 Å². The van der Waals surface area contributed by atoms with Gasteiger partial charge in [-0.25, -0.2) is 9.78 Å². The molecule has 1 N–H and O–H groups in total. The quantitative estimate of drug-likeness (QED) is 0.477. The molecule has 8 heteroatoms. The average Bonchev–Trinajstić information content (AvgIpc) is 3.20. The van der Waals surface area contributed by atoms with Gasteiger partial charge in [0.2, 0.25) is 0 Å². The maximum atomic E-state index is 13.1. The van der Waals surface area contributed by atoms with E-state index in [0.717, 1.165) is 11.1 Å². The number of esters is 1. The van der Waals surface area contributed by atoms with Gasteiger partial charge in [-0.15, -0.1) is 11.3 Å². The fraction of sp³-hybridized carbons (Fsp3) is 0.130. The normalized spacial score (nSPS) is 10.8. The fourth-order valence-electron chi connectivity index (χ4n) is 3.08. The first kappa shape index (κ1) is 20.5. The van der Waals surface area contributed by atoms with Gasteiger partial charge in [0, 0.05) is 17.3 Å². The molecule has 7 nitrogen and oxygen atoms in total. The summed E-state index contributed by atoms with van der Waals surface area (Å²) in [6.07, 6.45) is 1.29. The number of carbonyl (C=O) groups excluding carboxylic acids is 2. The van der Waals surface area contributed by atoms with E-state index >= 15 is 0 Å². The van der Waals surface area contributed by atoms with Crippen LogP contribution in [0.3, 0.4) is 0 Å². The van der Waals surface area contributed by atoms with Gasteiger partial charge in [-0.2, -0.15) is 0 Å². The predicted molar refractivity (Wildman–Crippen MR) is 120 cm³/mol. The fourth-order valence-corrected chi connectivity index (χ4v) is 3.94. The number of aromatic nitrogens is 2. The molecule has 0 radical (unpaired) electrons. The number of thiazole rings is 1. The molecule has 4 aromatic rings. The number of ether oxygens (including phenoxy) is 1. The van der Waals surface area contributed by atoms with E-state index in [1.54, 1.807) is 31.2 Å². The maximum Gasteiger partial charge on any atom is 0.338 e. The predicted octanol–water partition coefficient (Wildman–Crippen LogP) is 4.16. The monoisotopic (exact) mass is 433 g/mol. The summed E-state index contributed by atoms with van der Waals surface area (Å²) in [7, 11) is 0. The summed E-state index contributed by atoms with van der Waals surface area (Å²) in [5.74, 6) is -1.01. The van der Waals surface area contributed by atoms with Crippen LogP contribution in [0.15, 0.2) is 64.9 Å². The van der Waals surface area contributed by atoms with Crippen molar-refractivity contribution in [3.63, 3.8) is 0 Å². The Morgan fingerprint density at radius 3 is 2.48 bits per heavy atom. The molecule has 0 spiro atoms. The smallest absolute Gasteiger partial charge is 0.338 e. The highest BCUT2D eigenvalue weighted by Crippen LogP contribution is 2.24. The molecule has 0 aliphatic carbocycles. The number of anilines is 1. The highest BCUT2D eigenvalue weighted by molar-refractivity contribution is 7.15. The molecule has 2 aromatic heterocycles. The lowest BCUT2D eigenvalue weighted by Gasteiger charge is -2.07. The lowest BCUT2D eigenvalue weighted by Crippen LogP contribution is -2.26. The van der Waals surface area contributed by atoms with Crippen LogP contribution in [-0.4, -0.2) is 27.9 Å². The zero-order valence-corrected chi connectivity index (χ0v) is 17.7. The number of nitrogens with one attached hydrogen (secondary N) is 1. The minimum Gasteiger partial charge on any atom is -0.462 e. The van der Waals surface area contributed by atoms with Gasteiger partial charge in [-0.05, 0) is 43.7 Å². The van der Waals surface area contributed by atoms with Crippen molar-refractivity contribution in [2.45, 2.75) is 13.8 Å². The Hall–Kier alpha value is -3.78. The first-order valence-electron chi connectivity index (χ1n) is 9.62. The third-order valence-electron chi connectivity index (χ3n) is 4.69. The standard InChI is InChI=1S/C23H19N3O4S/c1-3-30-22(29)16-8-10-17(11-9-16)25-20(27)18-12-24-23-26(21(18)28)19(13-31-23)15-6-4-14(2)5-7-15/h4-13H,3H2,1-2H3,(H,25,27). The zero-order valence-electron chi connectivity index (χ0n) is 16.9. The minimum atomic E-state index is -0.572. The molecule has 0 saturated heterocycles. The lowest BCUT2D eigenvalue weighted by atomic mass is 10.1. The SMILES string of the molecule is CCOC(=O)c1ccc(NC(=O)c2cnc3scc(-c4ccc(C)cc4)n3c2=O)cc1. The molecule has 0 fully saturated rings. The number of nitrogens with zero attached hydrogens (tertiary/aromatic N) is 2. The van der Waals surface area contributed by atoms with Gasteiger partial charge in [0.1, 0.15) is 5.56 Å². The number of hydrogen-bond donors (Lipinski definition) is 1. The van der Waals surface area contributed by atoms with Crippen LogP contribution in [0.4, 0.5) is 5.69 Å². The number of hydrogen-bond acceptors (Lipinski definition) is 6. The van der Waals surface area contributed by atoms with E-state index in [0.29, 0.717) is 21.9 Å². The Balaban J connectivity index is 1.63. The van der Waals surface area contributed by atoms with Crippen molar-refractivity contribution in [1.82, 2.24) is 9.38 Å². The van der Waals surface area contributed by atoms with E-state index in [2.05, 4.69) is 10.3 Å². The maximum absolute atomic E-state index is 13.1. The Labute approximate surface area is 182 Å². The third-order valence-corrected chi connectivity index (χ3v) is 5.53. The number of amides is 1. The Kier molecular flexibility index (Phi) is 5.64. The van der Waals surface area contributed by atoms with Crippen LogP contribution in [0.25, 0.3) is 16.2 Å². The van der Waals surface area contributed by atoms with Gasteiger partial charge in [-0.3, -0.25) is 14.0 Å². The summed E-state index contributed by atoms with van der Waals surface area (Å²) in [5.41, 5.74) is 2.98.